The van der Waals surface area contributed by atoms with Gasteiger partial charge in [0.15, 0.2) is 0 Å². The molecule has 2 bridgehead atoms. The van der Waals surface area contributed by atoms with Gasteiger partial charge >= 0.3 is 0 Å². The molecule has 0 aliphatic heterocycles. The molecule has 2 N–H and O–H groups in total. The van der Waals surface area contributed by atoms with E-state index in [0.717, 1.165) is 37.1 Å². The van der Waals surface area contributed by atoms with Gasteiger partial charge in [0.1, 0.15) is 0 Å². The lowest BCUT2D eigenvalue weighted by molar-refractivity contribution is -0.136. The van der Waals surface area contributed by atoms with Crippen LogP contribution >= 0.6 is 0 Å². The lowest BCUT2D eigenvalue weighted by Gasteiger charge is -2.34. The molecule has 0 heterocycles. The third-order valence-electron chi connectivity index (χ3n) is 5.43. The molecule has 18 heavy (non-hydrogen) atoms. The van der Waals surface area contributed by atoms with E-state index >= 15 is 0 Å². The van der Waals surface area contributed by atoms with Gasteiger partial charge in [0, 0.05) is 13.6 Å². The number of carbonyl (C=O) groups excluding carboxylic acids is 1. The normalized spacial score (nSPS) is 30.8. The van der Waals surface area contributed by atoms with Gasteiger partial charge in [-0.05, 0) is 49.9 Å². The van der Waals surface area contributed by atoms with E-state index in [-0.39, 0.29) is 5.91 Å². The summed E-state index contributed by atoms with van der Waals surface area (Å²) in [5, 5.41) is 0. The van der Waals surface area contributed by atoms with Crippen LogP contribution in [0.3, 0.4) is 0 Å². The summed E-state index contributed by atoms with van der Waals surface area (Å²) in [6.07, 6.45) is 6.99. The summed E-state index contributed by atoms with van der Waals surface area (Å²) < 4.78 is 0. The highest BCUT2D eigenvalue weighted by Gasteiger charge is 2.41. The van der Waals surface area contributed by atoms with Gasteiger partial charge in [-0.2, -0.15) is 0 Å². The van der Waals surface area contributed by atoms with Crippen molar-refractivity contribution in [3.8, 4) is 0 Å². The molecule has 1 amide bonds. The van der Waals surface area contributed by atoms with Gasteiger partial charge < -0.3 is 10.6 Å². The third kappa shape index (κ3) is 2.42. The van der Waals surface area contributed by atoms with Gasteiger partial charge in [-0.3, -0.25) is 4.79 Å². The molecule has 0 spiro atoms. The maximum Gasteiger partial charge on any atom is 0.242 e. The van der Waals surface area contributed by atoms with Gasteiger partial charge in [-0.25, -0.2) is 0 Å². The van der Waals surface area contributed by atoms with Crippen LogP contribution in [0.5, 0.6) is 0 Å². The molecule has 0 aromatic carbocycles. The Hall–Kier alpha value is -0.570. The molecule has 3 heteroatoms. The van der Waals surface area contributed by atoms with Gasteiger partial charge in [0.2, 0.25) is 5.91 Å². The Morgan fingerprint density at radius 3 is 2.39 bits per heavy atom. The Morgan fingerprint density at radius 1 is 1.28 bits per heavy atom. The van der Waals surface area contributed by atoms with Crippen LogP contribution < -0.4 is 5.73 Å². The monoisotopic (exact) mass is 252 g/mol. The van der Waals surface area contributed by atoms with Crippen molar-refractivity contribution >= 4 is 5.91 Å². The van der Waals surface area contributed by atoms with Crippen molar-refractivity contribution in [3.63, 3.8) is 0 Å². The minimum Gasteiger partial charge on any atom is -0.344 e. The molecular formula is C15H28N2O. The van der Waals surface area contributed by atoms with E-state index in [1.807, 2.05) is 25.8 Å². The first-order valence-corrected chi connectivity index (χ1v) is 7.54. The van der Waals surface area contributed by atoms with Gasteiger partial charge in [0.25, 0.3) is 0 Å². The fraction of sp³-hybridized carbons (Fsp3) is 0.933. The highest BCUT2D eigenvalue weighted by atomic mass is 16.2. The molecule has 3 atom stereocenters. The smallest absolute Gasteiger partial charge is 0.242 e. The maximum atomic E-state index is 12.4. The van der Waals surface area contributed by atoms with Crippen LogP contribution in [0.4, 0.5) is 0 Å². The Kier molecular flexibility index (Phi) is 4.00. The number of likely N-dealkylation sites (N-methyl/N-ethyl adjacent to an activating group) is 1. The van der Waals surface area contributed by atoms with Crippen LogP contribution in [-0.4, -0.2) is 29.9 Å². The topological polar surface area (TPSA) is 46.3 Å². The predicted molar refractivity (Wildman–Crippen MR) is 74.1 cm³/mol. The number of nitrogens with two attached hydrogens (primary N) is 1. The van der Waals surface area contributed by atoms with Crippen LogP contribution in [0.1, 0.15) is 52.4 Å². The summed E-state index contributed by atoms with van der Waals surface area (Å²) >= 11 is 0. The van der Waals surface area contributed by atoms with E-state index in [4.69, 9.17) is 5.73 Å². The molecule has 2 fully saturated rings. The number of hydrogen-bond donors (Lipinski definition) is 1. The van der Waals surface area contributed by atoms with Crippen molar-refractivity contribution in [1.29, 1.82) is 0 Å². The minimum atomic E-state index is -0.646. The molecule has 3 nitrogen and oxygen atoms in total. The molecule has 0 saturated heterocycles. The average molecular weight is 252 g/mol. The standard InChI is InChI=1S/C15H28N2O/c1-4-15(16,5-2)14(18)17(3)10-13-9-11-6-7-12(13)8-11/h11-13H,4-10,16H2,1-3H3. The predicted octanol–water partition coefficient (Wildman–Crippen LogP) is 2.40. The number of carbonyl (C=O) groups is 1. The lowest BCUT2D eigenvalue weighted by Crippen LogP contribution is -2.54. The summed E-state index contributed by atoms with van der Waals surface area (Å²) in [6, 6.07) is 0. The van der Waals surface area contributed by atoms with Crippen LogP contribution in [0, 0.1) is 17.8 Å². The Bertz CT molecular complexity index is 312. The van der Waals surface area contributed by atoms with E-state index in [0.29, 0.717) is 0 Å². The largest absolute Gasteiger partial charge is 0.344 e. The summed E-state index contributed by atoms with van der Waals surface area (Å²) in [4.78, 5) is 14.3. The van der Waals surface area contributed by atoms with E-state index < -0.39 is 5.54 Å². The summed E-state index contributed by atoms with van der Waals surface area (Å²) in [5.74, 6) is 2.69. The Labute approximate surface area is 111 Å². The second-order valence-electron chi connectivity index (χ2n) is 6.48. The highest BCUT2D eigenvalue weighted by Crippen LogP contribution is 2.48. The van der Waals surface area contributed by atoms with E-state index in [2.05, 4.69) is 0 Å². The summed E-state index contributed by atoms with van der Waals surface area (Å²) in [5.41, 5.74) is 5.55. The first-order chi connectivity index (χ1) is 8.50. The fourth-order valence-electron chi connectivity index (χ4n) is 3.97. The van der Waals surface area contributed by atoms with Gasteiger partial charge in [0.05, 0.1) is 5.54 Å². The van der Waals surface area contributed by atoms with E-state index in [1.165, 1.54) is 25.7 Å². The van der Waals surface area contributed by atoms with Crippen LogP contribution in [-0.2, 0) is 4.79 Å². The van der Waals surface area contributed by atoms with Crippen molar-refractivity contribution in [2.24, 2.45) is 23.5 Å². The SMILES string of the molecule is CCC(N)(CC)C(=O)N(C)CC1CC2CCC1C2. The quantitative estimate of drug-likeness (QED) is 0.816. The molecular weight excluding hydrogens is 224 g/mol. The summed E-state index contributed by atoms with van der Waals surface area (Å²) in [7, 11) is 1.93. The Balaban J connectivity index is 1.91. The molecule has 3 unspecified atom stereocenters. The number of amides is 1. The van der Waals surface area contributed by atoms with Crippen molar-refractivity contribution in [2.45, 2.75) is 57.9 Å². The second-order valence-corrected chi connectivity index (χ2v) is 6.48. The van der Waals surface area contributed by atoms with Crippen molar-refractivity contribution in [1.82, 2.24) is 4.90 Å². The van der Waals surface area contributed by atoms with Crippen molar-refractivity contribution < 1.29 is 4.79 Å². The molecule has 0 aromatic heterocycles. The first kappa shape index (κ1) is 13.9. The van der Waals surface area contributed by atoms with E-state index in [9.17, 15) is 4.79 Å². The molecule has 2 rings (SSSR count). The fourth-order valence-corrected chi connectivity index (χ4v) is 3.97. The lowest BCUT2D eigenvalue weighted by atomic mass is 9.87. The zero-order valence-corrected chi connectivity index (χ0v) is 12.1. The van der Waals surface area contributed by atoms with Crippen LogP contribution in [0.25, 0.3) is 0 Å². The van der Waals surface area contributed by atoms with Crippen LogP contribution in [0.2, 0.25) is 0 Å². The van der Waals surface area contributed by atoms with E-state index in [1.54, 1.807) is 0 Å². The molecule has 0 radical (unpaired) electrons. The number of nitrogens with zero attached hydrogens (tertiary/aromatic N) is 1. The second kappa shape index (κ2) is 5.20. The molecule has 2 aliphatic carbocycles. The molecule has 2 saturated carbocycles. The zero-order chi connectivity index (χ0) is 13.3. The Morgan fingerprint density at radius 2 is 1.94 bits per heavy atom. The molecule has 0 aromatic rings. The third-order valence-corrected chi connectivity index (χ3v) is 5.43. The zero-order valence-electron chi connectivity index (χ0n) is 12.1. The number of fused-ring (bicyclic) bond motifs is 2. The first-order valence-electron chi connectivity index (χ1n) is 7.54. The minimum absolute atomic E-state index is 0.135. The number of hydrogen-bond acceptors (Lipinski definition) is 2. The number of rotatable bonds is 5. The highest BCUT2D eigenvalue weighted by molar-refractivity contribution is 5.85. The van der Waals surface area contributed by atoms with Crippen molar-refractivity contribution in [2.75, 3.05) is 13.6 Å². The molecule has 104 valence electrons. The van der Waals surface area contributed by atoms with Crippen molar-refractivity contribution in [3.05, 3.63) is 0 Å². The van der Waals surface area contributed by atoms with Gasteiger partial charge in [-0.1, -0.05) is 20.3 Å². The van der Waals surface area contributed by atoms with Gasteiger partial charge in [-0.15, -0.1) is 0 Å². The maximum absolute atomic E-state index is 12.4. The van der Waals surface area contributed by atoms with Crippen LogP contribution in [0.15, 0.2) is 0 Å². The molecule has 2 aliphatic rings. The summed E-state index contributed by atoms with van der Waals surface area (Å²) in [6.45, 7) is 4.93. The average Bonchev–Trinajstić information content (AvgIpc) is 2.99.